The van der Waals surface area contributed by atoms with Gasteiger partial charge in [0.05, 0.1) is 4.90 Å². The average molecular weight is 298 g/mol. The summed E-state index contributed by atoms with van der Waals surface area (Å²) in [7, 11) is -3.41. The van der Waals surface area contributed by atoms with Gasteiger partial charge in [0.25, 0.3) is 0 Å². The summed E-state index contributed by atoms with van der Waals surface area (Å²) >= 11 is 0. The van der Waals surface area contributed by atoms with E-state index in [2.05, 4.69) is 23.9 Å². The molecular weight excluding hydrogens is 272 g/mol. The van der Waals surface area contributed by atoms with Crippen molar-refractivity contribution in [1.82, 2.24) is 4.72 Å². The second kappa shape index (κ2) is 8.27. The van der Waals surface area contributed by atoms with Crippen LogP contribution in [-0.2, 0) is 10.0 Å². The molecule has 0 aliphatic carbocycles. The largest absolute Gasteiger partial charge is 0.385 e. The fraction of sp³-hybridized carbons (Fsp3) is 0.600. The molecule has 0 aliphatic heterocycles. The van der Waals surface area contributed by atoms with Crippen molar-refractivity contribution in [3.63, 3.8) is 0 Å². The third-order valence-electron chi connectivity index (χ3n) is 3.20. The van der Waals surface area contributed by atoms with Crippen LogP contribution in [0.2, 0.25) is 0 Å². The molecule has 0 saturated heterocycles. The number of nitrogens with one attached hydrogen (secondary N) is 2. The molecule has 1 atom stereocenters. The van der Waals surface area contributed by atoms with Gasteiger partial charge in [-0.25, -0.2) is 13.1 Å². The summed E-state index contributed by atoms with van der Waals surface area (Å²) in [5.74, 6) is 0. The van der Waals surface area contributed by atoms with E-state index in [4.69, 9.17) is 0 Å². The Bertz CT molecular complexity index is 483. The van der Waals surface area contributed by atoms with Crippen LogP contribution in [-0.4, -0.2) is 21.0 Å². The van der Waals surface area contributed by atoms with Crippen LogP contribution >= 0.6 is 0 Å². The van der Waals surface area contributed by atoms with Gasteiger partial charge in [0.2, 0.25) is 10.0 Å². The van der Waals surface area contributed by atoms with Gasteiger partial charge < -0.3 is 5.32 Å². The molecule has 0 aliphatic rings. The minimum Gasteiger partial charge on any atom is -0.385 e. The Hall–Kier alpha value is -1.07. The highest BCUT2D eigenvalue weighted by Gasteiger charge is 2.18. The standard InChI is InChI=1S/C15H26N2O2S/c1-4-7-13(6-3)17-20(18,19)15-10-8-14(9-11-15)16-12-5-2/h8-11,13,16-17H,4-7,12H2,1-3H3. The smallest absolute Gasteiger partial charge is 0.240 e. The first-order chi connectivity index (χ1) is 9.53. The monoisotopic (exact) mass is 298 g/mol. The van der Waals surface area contributed by atoms with E-state index in [1.54, 1.807) is 12.1 Å². The molecule has 0 fully saturated rings. The van der Waals surface area contributed by atoms with Gasteiger partial charge in [0, 0.05) is 18.3 Å². The molecule has 0 heterocycles. The summed E-state index contributed by atoms with van der Waals surface area (Å²) in [6.45, 7) is 7.04. The first-order valence-corrected chi connectivity index (χ1v) is 8.88. The zero-order chi connectivity index (χ0) is 15.0. The average Bonchev–Trinajstić information content (AvgIpc) is 2.45. The molecule has 0 spiro atoms. The Balaban J connectivity index is 2.76. The van der Waals surface area contributed by atoms with Crippen LogP contribution in [0.15, 0.2) is 29.2 Å². The first-order valence-electron chi connectivity index (χ1n) is 7.39. The molecule has 4 nitrogen and oxygen atoms in total. The van der Waals surface area contributed by atoms with Crippen molar-refractivity contribution in [3.05, 3.63) is 24.3 Å². The SMILES string of the molecule is CCCNc1ccc(S(=O)(=O)NC(CC)CCC)cc1. The third-order valence-corrected chi connectivity index (χ3v) is 4.73. The second-order valence-electron chi connectivity index (χ2n) is 4.97. The zero-order valence-electron chi connectivity index (χ0n) is 12.6. The van der Waals surface area contributed by atoms with Gasteiger partial charge in [-0.15, -0.1) is 0 Å². The number of benzene rings is 1. The lowest BCUT2D eigenvalue weighted by atomic mass is 10.1. The van der Waals surface area contributed by atoms with E-state index in [9.17, 15) is 8.42 Å². The molecule has 0 saturated carbocycles. The molecule has 0 aromatic heterocycles. The fourth-order valence-corrected chi connectivity index (χ4v) is 3.36. The Morgan fingerprint density at radius 3 is 2.20 bits per heavy atom. The minimum atomic E-state index is -3.41. The molecule has 1 rings (SSSR count). The van der Waals surface area contributed by atoms with Crippen LogP contribution in [0.4, 0.5) is 5.69 Å². The molecule has 0 bridgehead atoms. The van der Waals surface area contributed by atoms with Crippen LogP contribution in [0, 0.1) is 0 Å². The zero-order valence-corrected chi connectivity index (χ0v) is 13.5. The van der Waals surface area contributed by atoms with Crippen molar-refractivity contribution in [2.75, 3.05) is 11.9 Å². The number of rotatable bonds is 9. The van der Waals surface area contributed by atoms with Gasteiger partial charge in [-0.05, 0) is 43.5 Å². The fourth-order valence-electron chi connectivity index (χ4n) is 2.00. The van der Waals surface area contributed by atoms with Crippen molar-refractivity contribution in [3.8, 4) is 0 Å². The molecular formula is C15H26N2O2S. The van der Waals surface area contributed by atoms with Gasteiger partial charge in [-0.1, -0.05) is 27.2 Å². The Morgan fingerprint density at radius 1 is 1.05 bits per heavy atom. The topological polar surface area (TPSA) is 58.2 Å². The quantitative estimate of drug-likeness (QED) is 0.735. The summed E-state index contributed by atoms with van der Waals surface area (Å²) in [5.41, 5.74) is 0.950. The molecule has 0 radical (unpaired) electrons. The van der Waals surface area contributed by atoms with E-state index in [0.29, 0.717) is 4.90 Å². The molecule has 1 unspecified atom stereocenters. The summed E-state index contributed by atoms with van der Waals surface area (Å²) in [6, 6.07) is 6.94. The van der Waals surface area contributed by atoms with E-state index in [0.717, 1.165) is 37.9 Å². The van der Waals surface area contributed by atoms with Gasteiger partial charge in [-0.3, -0.25) is 0 Å². The summed E-state index contributed by atoms with van der Waals surface area (Å²) in [5, 5.41) is 3.23. The number of sulfonamides is 1. The lowest BCUT2D eigenvalue weighted by Crippen LogP contribution is -2.34. The predicted octanol–water partition coefficient (Wildman–Crippen LogP) is 3.37. The highest BCUT2D eigenvalue weighted by molar-refractivity contribution is 7.89. The van der Waals surface area contributed by atoms with Crippen molar-refractivity contribution >= 4 is 15.7 Å². The van der Waals surface area contributed by atoms with Gasteiger partial charge in [0.15, 0.2) is 0 Å². The van der Waals surface area contributed by atoms with Crippen molar-refractivity contribution in [2.24, 2.45) is 0 Å². The predicted molar refractivity (Wildman–Crippen MR) is 84.5 cm³/mol. The Morgan fingerprint density at radius 2 is 1.70 bits per heavy atom. The van der Waals surface area contributed by atoms with E-state index < -0.39 is 10.0 Å². The third kappa shape index (κ3) is 5.13. The number of hydrogen-bond acceptors (Lipinski definition) is 3. The highest BCUT2D eigenvalue weighted by Crippen LogP contribution is 2.15. The second-order valence-corrected chi connectivity index (χ2v) is 6.68. The van der Waals surface area contributed by atoms with E-state index in [-0.39, 0.29) is 6.04 Å². The number of anilines is 1. The van der Waals surface area contributed by atoms with E-state index in [1.807, 2.05) is 19.1 Å². The Labute approximate surface area is 123 Å². The first kappa shape index (κ1) is 17.0. The maximum Gasteiger partial charge on any atom is 0.240 e. The lowest BCUT2D eigenvalue weighted by molar-refractivity contribution is 0.512. The normalized spacial score (nSPS) is 13.2. The van der Waals surface area contributed by atoms with E-state index in [1.165, 1.54) is 0 Å². The van der Waals surface area contributed by atoms with Gasteiger partial charge in [-0.2, -0.15) is 0 Å². The highest BCUT2D eigenvalue weighted by atomic mass is 32.2. The van der Waals surface area contributed by atoms with Crippen LogP contribution in [0.1, 0.15) is 46.5 Å². The Kier molecular flexibility index (Phi) is 7.02. The minimum absolute atomic E-state index is 0.0166. The van der Waals surface area contributed by atoms with Crippen LogP contribution < -0.4 is 10.0 Å². The maximum atomic E-state index is 12.3. The van der Waals surface area contributed by atoms with Crippen LogP contribution in [0.3, 0.4) is 0 Å². The molecule has 1 aromatic rings. The molecule has 2 N–H and O–H groups in total. The molecule has 5 heteroatoms. The van der Waals surface area contributed by atoms with Gasteiger partial charge >= 0.3 is 0 Å². The van der Waals surface area contributed by atoms with Crippen LogP contribution in [0.25, 0.3) is 0 Å². The summed E-state index contributed by atoms with van der Waals surface area (Å²) in [4.78, 5) is 0.328. The summed E-state index contributed by atoms with van der Waals surface area (Å²) < 4.78 is 27.3. The van der Waals surface area contributed by atoms with Crippen molar-refractivity contribution < 1.29 is 8.42 Å². The lowest BCUT2D eigenvalue weighted by Gasteiger charge is -2.16. The van der Waals surface area contributed by atoms with Crippen LogP contribution in [0.5, 0.6) is 0 Å². The number of hydrogen-bond donors (Lipinski definition) is 2. The van der Waals surface area contributed by atoms with Crippen molar-refractivity contribution in [2.45, 2.75) is 57.4 Å². The van der Waals surface area contributed by atoms with E-state index >= 15 is 0 Å². The maximum absolute atomic E-state index is 12.3. The summed E-state index contributed by atoms with van der Waals surface area (Å²) in [6.07, 6.45) is 3.69. The molecule has 20 heavy (non-hydrogen) atoms. The molecule has 0 amide bonds. The van der Waals surface area contributed by atoms with Gasteiger partial charge in [0.1, 0.15) is 0 Å². The van der Waals surface area contributed by atoms with Crippen molar-refractivity contribution in [1.29, 1.82) is 0 Å². The molecule has 1 aromatic carbocycles. The molecule has 114 valence electrons.